The van der Waals surface area contributed by atoms with E-state index < -0.39 is 0 Å². The van der Waals surface area contributed by atoms with Gasteiger partial charge in [-0.1, -0.05) is 13.0 Å². The average molecular weight is 177 g/mol. The molecule has 0 spiro atoms. The molecular weight excluding hydrogens is 166 g/mol. The highest BCUT2D eigenvalue weighted by molar-refractivity contribution is 5.73. The van der Waals surface area contributed by atoms with E-state index in [0.717, 1.165) is 24.1 Å². The largest absolute Gasteiger partial charge is 0.313 e. The Morgan fingerprint density at radius 3 is 3.00 bits per heavy atom. The van der Waals surface area contributed by atoms with Crippen molar-refractivity contribution in [2.24, 2.45) is 0 Å². The molecule has 0 aliphatic heterocycles. The lowest BCUT2D eigenvalue weighted by atomic mass is 10.2. The van der Waals surface area contributed by atoms with Crippen molar-refractivity contribution in [2.45, 2.75) is 13.5 Å². The van der Waals surface area contributed by atoms with Crippen LogP contribution in [-0.2, 0) is 6.54 Å². The Morgan fingerprint density at radius 1 is 1.31 bits per heavy atom. The predicted molar refractivity (Wildman–Crippen MR) is 49.2 cm³/mol. The van der Waals surface area contributed by atoms with E-state index in [4.69, 9.17) is 0 Å². The van der Waals surface area contributed by atoms with E-state index in [0.29, 0.717) is 0 Å². The summed E-state index contributed by atoms with van der Waals surface area (Å²) in [6.07, 6.45) is 0. The minimum atomic E-state index is 0.806. The molecule has 1 aromatic carbocycles. The summed E-state index contributed by atoms with van der Waals surface area (Å²) in [4.78, 5) is 0. The van der Waals surface area contributed by atoms with E-state index in [2.05, 4.69) is 27.2 Å². The van der Waals surface area contributed by atoms with E-state index in [1.54, 1.807) is 0 Å². The van der Waals surface area contributed by atoms with E-state index in [1.807, 2.05) is 18.2 Å². The molecule has 4 nitrogen and oxygen atoms in total. The summed E-state index contributed by atoms with van der Waals surface area (Å²) in [7, 11) is 0. The van der Waals surface area contributed by atoms with Crippen molar-refractivity contribution in [3.8, 4) is 0 Å². The number of fused-ring (bicyclic) bond motifs is 1. The van der Waals surface area contributed by atoms with Gasteiger partial charge >= 0.3 is 0 Å². The monoisotopic (exact) mass is 177 g/mol. The normalized spacial score (nSPS) is 10.8. The maximum Gasteiger partial charge on any atom is 0.135 e. The van der Waals surface area contributed by atoms with Crippen LogP contribution in [-0.4, -0.2) is 16.9 Å². The van der Waals surface area contributed by atoms with Crippen LogP contribution in [0.2, 0.25) is 0 Å². The second-order valence-electron chi connectivity index (χ2n) is 2.87. The van der Waals surface area contributed by atoms with Gasteiger partial charge in [-0.15, -0.1) is 0 Å². The molecule has 0 unspecified atom stereocenters. The molecule has 4 heteroatoms. The number of hydrogen-bond donors (Lipinski definition) is 1. The number of aromatic nitrogens is 2. The van der Waals surface area contributed by atoms with Gasteiger partial charge in [0.1, 0.15) is 11.0 Å². The van der Waals surface area contributed by atoms with Crippen molar-refractivity contribution in [3.63, 3.8) is 0 Å². The van der Waals surface area contributed by atoms with Crippen LogP contribution < -0.4 is 5.32 Å². The second-order valence-corrected chi connectivity index (χ2v) is 2.87. The zero-order valence-corrected chi connectivity index (χ0v) is 7.45. The van der Waals surface area contributed by atoms with Gasteiger partial charge in [0.2, 0.25) is 0 Å². The lowest BCUT2D eigenvalue weighted by Gasteiger charge is -1.99. The molecule has 0 radical (unpaired) electrons. The molecule has 0 amide bonds. The third kappa shape index (κ3) is 1.67. The zero-order valence-electron chi connectivity index (χ0n) is 7.45. The molecule has 1 heterocycles. The van der Waals surface area contributed by atoms with Crippen molar-refractivity contribution in [1.29, 1.82) is 0 Å². The van der Waals surface area contributed by atoms with Gasteiger partial charge in [-0.3, -0.25) is 0 Å². The third-order valence-corrected chi connectivity index (χ3v) is 1.90. The summed E-state index contributed by atoms with van der Waals surface area (Å²) < 4.78 is 4.60. The molecule has 0 fully saturated rings. The Labute approximate surface area is 75.9 Å². The van der Waals surface area contributed by atoms with E-state index >= 15 is 0 Å². The van der Waals surface area contributed by atoms with Crippen LogP contribution in [0.4, 0.5) is 0 Å². The number of hydrogen-bond acceptors (Lipinski definition) is 4. The Morgan fingerprint density at radius 2 is 2.15 bits per heavy atom. The number of rotatable bonds is 3. The summed E-state index contributed by atoms with van der Waals surface area (Å²) in [5, 5.41) is 10.7. The molecule has 2 rings (SSSR count). The van der Waals surface area contributed by atoms with Crippen molar-refractivity contribution in [1.82, 2.24) is 15.6 Å². The first-order chi connectivity index (χ1) is 6.40. The SMILES string of the molecule is CCNCc1ccc2nonc2c1. The van der Waals surface area contributed by atoms with Crippen LogP contribution in [0.25, 0.3) is 11.0 Å². The Bertz CT molecular complexity index is 396. The molecule has 0 aliphatic carbocycles. The maximum atomic E-state index is 4.60. The second kappa shape index (κ2) is 3.53. The van der Waals surface area contributed by atoms with Crippen LogP contribution in [0, 0.1) is 0 Å². The quantitative estimate of drug-likeness (QED) is 0.768. The fourth-order valence-electron chi connectivity index (χ4n) is 1.21. The molecule has 2 aromatic rings. The molecule has 0 saturated carbocycles. The van der Waals surface area contributed by atoms with E-state index in [9.17, 15) is 0 Å². The fraction of sp³-hybridized carbons (Fsp3) is 0.333. The van der Waals surface area contributed by atoms with E-state index in [-0.39, 0.29) is 0 Å². The van der Waals surface area contributed by atoms with Crippen molar-refractivity contribution in [2.75, 3.05) is 6.54 Å². The first-order valence-corrected chi connectivity index (χ1v) is 4.32. The number of benzene rings is 1. The minimum absolute atomic E-state index is 0.806. The summed E-state index contributed by atoms with van der Waals surface area (Å²) in [5.41, 5.74) is 2.82. The van der Waals surface area contributed by atoms with E-state index in [1.165, 1.54) is 5.56 Å². The van der Waals surface area contributed by atoms with Gasteiger partial charge in [0.25, 0.3) is 0 Å². The van der Waals surface area contributed by atoms with Gasteiger partial charge in [-0.25, -0.2) is 4.63 Å². The summed E-state index contributed by atoms with van der Waals surface area (Å²) in [5.74, 6) is 0. The molecule has 1 N–H and O–H groups in total. The van der Waals surface area contributed by atoms with Crippen molar-refractivity contribution in [3.05, 3.63) is 23.8 Å². The van der Waals surface area contributed by atoms with Gasteiger partial charge in [-0.2, -0.15) is 0 Å². The molecule has 0 atom stereocenters. The number of nitrogens with zero attached hydrogens (tertiary/aromatic N) is 2. The summed E-state index contributed by atoms with van der Waals surface area (Å²) in [6.45, 7) is 3.91. The molecular formula is C9H11N3O. The molecule has 68 valence electrons. The Balaban J connectivity index is 2.26. The maximum absolute atomic E-state index is 4.60. The van der Waals surface area contributed by atoms with Crippen LogP contribution in [0.15, 0.2) is 22.8 Å². The molecule has 0 saturated heterocycles. The van der Waals surface area contributed by atoms with Crippen LogP contribution in [0.5, 0.6) is 0 Å². The lowest BCUT2D eigenvalue weighted by molar-refractivity contribution is 0.315. The standard InChI is InChI=1S/C9H11N3O/c1-2-10-6-7-3-4-8-9(5-7)12-13-11-8/h3-5,10H,2,6H2,1H3. The highest BCUT2D eigenvalue weighted by Crippen LogP contribution is 2.10. The zero-order chi connectivity index (χ0) is 9.10. The van der Waals surface area contributed by atoms with Gasteiger partial charge in [0.05, 0.1) is 0 Å². The first kappa shape index (κ1) is 8.19. The molecule has 0 bridgehead atoms. The van der Waals surface area contributed by atoms with Gasteiger partial charge < -0.3 is 5.32 Å². The van der Waals surface area contributed by atoms with Crippen LogP contribution >= 0.6 is 0 Å². The third-order valence-electron chi connectivity index (χ3n) is 1.90. The first-order valence-electron chi connectivity index (χ1n) is 4.32. The van der Waals surface area contributed by atoms with Crippen LogP contribution in [0.3, 0.4) is 0 Å². The molecule has 1 aromatic heterocycles. The summed E-state index contributed by atoms with van der Waals surface area (Å²) in [6, 6.07) is 5.92. The topological polar surface area (TPSA) is 51.0 Å². The van der Waals surface area contributed by atoms with Crippen LogP contribution in [0.1, 0.15) is 12.5 Å². The summed E-state index contributed by atoms with van der Waals surface area (Å²) >= 11 is 0. The Kier molecular flexibility index (Phi) is 2.23. The average Bonchev–Trinajstić information content (AvgIpc) is 2.61. The highest BCUT2D eigenvalue weighted by Gasteiger charge is 2.00. The van der Waals surface area contributed by atoms with Crippen molar-refractivity contribution >= 4 is 11.0 Å². The lowest BCUT2D eigenvalue weighted by Crippen LogP contribution is -2.11. The predicted octanol–water partition coefficient (Wildman–Crippen LogP) is 1.33. The fourth-order valence-corrected chi connectivity index (χ4v) is 1.21. The highest BCUT2D eigenvalue weighted by atomic mass is 16.6. The van der Waals surface area contributed by atoms with Gasteiger partial charge in [-0.05, 0) is 34.6 Å². The minimum Gasteiger partial charge on any atom is -0.313 e. The smallest absolute Gasteiger partial charge is 0.135 e. The number of nitrogens with one attached hydrogen (secondary N) is 1. The van der Waals surface area contributed by atoms with Gasteiger partial charge in [0.15, 0.2) is 0 Å². The van der Waals surface area contributed by atoms with Gasteiger partial charge in [0, 0.05) is 6.54 Å². The molecule has 13 heavy (non-hydrogen) atoms. The molecule has 0 aliphatic rings. The Hall–Kier alpha value is -1.42. The van der Waals surface area contributed by atoms with Crippen molar-refractivity contribution < 1.29 is 4.63 Å².